The molecule has 13 heavy (non-hydrogen) atoms. The van der Waals surface area contributed by atoms with Crippen LogP contribution in [-0.2, 0) is 0 Å². The number of hydrogen-bond acceptors (Lipinski definition) is 2. The minimum atomic E-state index is -2.69. The van der Waals surface area contributed by atoms with Gasteiger partial charge < -0.3 is 5.73 Å². The van der Waals surface area contributed by atoms with Crippen molar-refractivity contribution in [3.63, 3.8) is 0 Å². The number of alkyl halides is 2. The van der Waals surface area contributed by atoms with E-state index < -0.39 is 12.5 Å². The van der Waals surface area contributed by atoms with Crippen molar-refractivity contribution >= 4 is 0 Å². The summed E-state index contributed by atoms with van der Waals surface area (Å²) in [6.07, 6.45) is 3.57. The molecule has 2 nitrogen and oxygen atoms in total. The van der Waals surface area contributed by atoms with Gasteiger partial charge in [0.2, 0.25) is 0 Å². The van der Waals surface area contributed by atoms with Crippen molar-refractivity contribution in [2.24, 2.45) is 11.1 Å². The molecule has 76 valence electrons. The Balaban J connectivity index is 1.83. The van der Waals surface area contributed by atoms with E-state index in [2.05, 4.69) is 0 Å². The molecule has 1 heterocycles. The van der Waals surface area contributed by atoms with Crippen LogP contribution >= 0.6 is 0 Å². The van der Waals surface area contributed by atoms with E-state index in [4.69, 9.17) is 5.73 Å². The second kappa shape index (κ2) is 2.89. The molecule has 0 aromatic heterocycles. The fourth-order valence-electron chi connectivity index (χ4n) is 2.14. The Labute approximate surface area is 77.1 Å². The standard InChI is InChI=1S/C9H16F2N2/c10-9(11,5-12)7-13-4-3-8(6-13)1-2-8/h1-7,12H2. The smallest absolute Gasteiger partial charge is 0.272 e. The lowest BCUT2D eigenvalue weighted by atomic mass is 10.1. The molecule has 2 fully saturated rings. The van der Waals surface area contributed by atoms with Gasteiger partial charge in [0.15, 0.2) is 0 Å². The van der Waals surface area contributed by atoms with Crippen LogP contribution < -0.4 is 5.73 Å². The Morgan fingerprint density at radius 2 is 2.00 bits per heavy atom. The molecule has 1 spiro atoms. The van der Waals surface area contributed by atoms with E-state index in [-0.39, 0.29) is 6.54 Å². The number of nitrogens with zero attached hydrogens (tertiary/aromatic N) is 1. The molecule has 0 aromatic rings. The zero-order chi connectivity index (χ0) is 9.53. The highest BCUT2D eigenvalue weighted by Crippen LogP contribution is 2.52. The van der Waals surface area contributed by atoms with Crippen LogP contribution in [0.15, 0.2) is 0 Å². The lowest BCUT2D eigenvalue weighted by Gasteiger charge is -2.22. The van der Waals surface area contributed by atoms with Crippen LogP contribution in [0, 0.1) is 5.41 Å². The van der Waals surface area contributed by atoms with E-state index in [9.17, 15) is 8.78 Å². The minimum Gasteiger partial charge on any atom is -0.325 e. The van der Waals surface area contributed by atoms with Crippen molar-refractivity contribution in [1.29, 1.82) is 0 Å². The lowest BCUT2D eigenvalue weighted by Crippen LogP contribution is -2.40. The summed E-state index contributed by atoms with van der Waals surface area (Å²) in [5, 5.41) is 0. The van der Waals surface area contributed by atoms with Crippen LogP contribution in [0.5, 0.6) is 0 Å². The highest BCUT2D eigenvalue weighted by atomic mass is 19.3. The van der Waals surface area contributed by atoms with Crippen molar-refractivity contribution < 1.29 is 8.78 Å². The zero-order valence-electron chi connectivity index (χ0n) is 7.73. The number of nitrogens with two attached hydrogens (primary N) is 1. The van der Waals surface area contributed by atoms with E-state index in [1.807, 2.05) is 4.90 Å². The lowest BCUT2D eigenvalue weighted by molar-refractivity contribution is -0.0190. The van der Waals surface area contributed by atoms with E-state index in [1.165, 1.54) is 12.8 Å². The maximum absolute atomic E-state index is 12.9. The Kier molecular flexibility index (Phi) is 2.07. The molecule has 1 aliphatic carbocycles. The molecule has 0 unspecified atom stereocenters. The largest absolute Gasteiger partial charge is 0.325 e. The molecule has 0 bridgehead atoms. The molecule has 1 aliphatic heterocycles. The van der Waals surface area contributed by atoms with E-state index >= 15 is 0 Å². The van der Waals surface area contributed by atoms with Gasteiger partial charge in [-0.3, -0.25) is 4.90 Å². The third-order valence-electron chi connectivity index (χ3n) is 3.23. The van der Waals surface area contributed by atoms with Crippen molar-refractivity contribution in [1.82, 2.24) is 4.90 Å². The molecule has 0 atom stereocenters. The summed E-state index contributed by atoms with van der Waals surface area (Å²) in [7, 11) is 0. The van der Waals surface area contributed by atoms with Crippen molar-refractivity contribution in [3.8, 4) is 0 Å². The first-order valence-corrected chi connectivity index (χ1v) is 4.86. The van der Waals surface area contributed by atoms with Crippen LogP contribution in [0.4, 0.5) is 8.78 Å². The number of halogens is 2. The van der Waals surface area contributed by atoms with Crippen LogP contribution in [0.1, 0.15) is 19.3 Å². The van der Waals surface area contributed by atoms with Crippen LogP contribution in [0.25, 0.3) is 0 Å². The summed E-state index contributed by atoms with van der Waals surface area (Å²) < 4.78 is 25.8. The predicted octanol–water partition coefficient (Wildman–Crippen LogP) is 1.07. The average molecular weight is 190 g/mol. The summed E-state index contributed by atoms with van der Waals surface area (Å²) in [4.78, 5) is 1.86. The maximum Gasteiger partial charge on any atom is 0.272 e. The molecule has 0 radical (unpaired) electrons. The Bertz CT molecular complexity index is 202. The molecule has 0 amide bonds. The topological polar surface area (TPSA) is 29.3 Å². The molecule has 4 heteroatoms. The summed E-state index contributed by atoms with van der Waals surface area (Å²) in [5.74, 6) is -2.69. The van der Waals surface area contributed by atoms with Crippen molar-refractivity contribution in [2.75, 3.05) is 26.2 Å². The predicted molar refractivity (Wildman–Crippen MR) is 46.7 cm³/mol. The third-order valence-corrected chi connectivity index (χ3v) is 3.23. The van der Waals surface area contributed by atoms with E-state index in [0.717, 1.165) is 19.5 Å². The third kappa shape index (κ3) is 1.99. The van der Waals surface area contributed by atoms with Gasteiger partial charge in [-0.25, -0.2) is 8.78 Å². The Hall–Kier alpha value is -0.220. The number of likely N-dealkylation sites (tertiary alicyclic amines) is 1. The van der Waals surface area contributed by atoms with Gasteiger partial charge in [0, 0.05) is 6.54 Å². The van der Waals surface area contributed by atoms with Gasteiger partial charge in [0.25, 0.3) is 5.92 Å². The van der Waals surface area contributed by atoms with Crippen LogP contribution in [-0.4, -0.2) is 37.0 Å². The van der Waals surface area contributed by atoms with Gasteiger partial charge >= 0.3 is 0 Å². The molecule has 1 saturated carbocycles. The first-order chi connectivity index (χ1) is 6.05. The monoisotopic (exact) mass is 190 g/mol. The fourth-order valence-corrected chi connectivity index (χ4v) is 2.14. The molecule has 2 N–H and O–H groups in total. The van der Waals surface area contributed by atoms with Gasteiger partial charge in [-0.15, -0.1) is 0 Å². The van der Waals surface area contributed by atoms with Gasteiger partial charge in [-0.2, -0.15) is 0 Å². The molecule has 0 aromatic carbocycles. The minimum absolute atomic E-state index is 0.148. The van der Waals surface area contributed by atoms with Crippen LogP contribution in [0.3, 0.4) is 0 Å². The average Bonchev–Trinajstić information content (AvgIpc) is 2.69. The molecule has 2 aliphatic rings. The van der Waals surface area contributed by atoms with Crippen molar-refractivity contribution in [2.45, 2.75) is 25.2 Å². The summed E-state index contributed by atoms with van der Waals surface area (Å²) in [6.45, 7) is 1.01. The molecular weight excluding hydrogens is 174 g/mol. The van der Waals surface area contributed by atoms with Gasteiger partial charge in [-0.05, 0) is 31.2 Å². The first-order valence-electron chi connectivity index (χ1n) is 4.86. The highest BCUT2D eigenvalue weighted by Gasteiger charge is 2.48. The summed E-state index contributed by atoms with van der Waals surface area (Å²) in [6, 6.07) is 0. The second-order valence-corrected chi connectivity index (χ2v) is 4.52. The van der Waals surface area contributed by atoms with Gasteiger partial charge in [-0.1, -0.05) is 0 Å². The Morgan fingerprint density at radius 3 is 2.46 bits per heavy atom. The first kappa shape index (κ1) is 9.34. The highest BCUT2D eigenvalue weighted by molar-refractivity contribution is 5.00. The van der Waals surface area contributed by atoms with Crippen molar-refractivity contribution in [3.05, 3.63) is 0 Å². The number of hydrogen-bond donors (Lipinski definition) is 1. The fraction of sp³-hybridized carbons (Fsp3) is 1.00. The quantitative estimate of drug-likeness (QED) is 0.721. The maximum atomic E-state index is 12.9. The second-order valence-electron chi connectivity index (χ2n) is 4.52. The Morgan fingerprint density at radius 1 is 1.31 bits per heavy atom. The SMILES string of the molecule is NCC(F)(F)CN1CCC2(CC2)C1. The van der Waals surface area contributed by atoms with E-state index in [0.29, 0.717) is 5.41 Å². The van der Waals surface area contributed by atoms with Gasteiger partial charge in [0.05, 0.1) is 13.1 Å². The van der Waals surface area contributed by atoms with Gasteiger partial charge in [0.1, 0.15) is 0 Å². The molecule has 2 rings (SSSR count). The summed E-state index contributed by atoms with van der Waals surface area (Å²) >= 11 is 0. The van der Waals surface area contributed by atoms with Crippen LogP contribution in [0.2, 0.25) is 0 Å². The zero-order valence-corrected chi connectivity index (χ0v) is 7.73. The molecule has 1 saturated heterocycles. The normalized spacial score (nSPS) is 27.0. The number of rotatable bonds is 3. The van der Waals surface area contributed by atoms with E-state index in [1.54, 1.807) is 0 Å². The summed E-state index contributed by atoms with van der Waals surface area (Å²) in [5.41, 5.74) is 5.43. The molecular formula is C9H16F2N2.